The molecule has 0 unspecified atom stereocenters. The second kappa shape index (κ2) is 7.43. The van der Waals surface area contributed by atoms with Gasteiger partial charge in [0.15, 0.2) is 0 Å². The summed E-state index contributed by atoms with van der Waals surface area (Å²) in [5.41, 5.74) is 2.64. The van der Waals surface area contributed by atoms with Crippen molar-refractivity contribution in [3.05, 3.63) is 40.1 Å². The molecule has 0 saturated carbocycles. The lowest BCUT2D eigenvalue weighted by atomic mass is 10.2. The van der Waals surface area contributed by atoms with Gasteiger partial charge in [-0.3, -0.25) is 0 Å². The van der Waals surface area contributed by atoms with E-state index in [0.29, 0.717) is 0 Å². The van der Waals surface area contributed by atoms with E-state index in [4.69, 9.17) is 4.74 Å². The highest BCUT2D eigenvalue weighted by Gasteiger charge is 2.06. The maximum absolute atomic E-state index is 5.03. The van der Waals surface area contributed by atoms with E-state index in [0.717, 1.165) is 38.5 Å². The Morgan fingerprint density at radius 1 is 1.47 bits per heavy atom. The Balaban J connectivity index is 1.89. The van der Waals surface area contributed by atoms with Crippen molar-refractivity contribution in [1.82, 2.24) is 14.9 Å². The van der Waals surface area contributed by atoms with Crippen molar-refractivity contribution in [2.24, 2.45) is 0 Å². The number of nitrogens with zero attached hydrogens (tertiary/aromatic N) is 2. The van der Waals surface area contributed by atoms with E-state index in [1.807, 2.05) is 6.20 Å². The number of ether oxygens (including phenoxy) is 1. The number of hydrogen-bond donors (Lipinski definition) is 1. The fourth-order valence-corrected chi connectivity index (χ4v) is 2.73. The van der Waals surface area contributed by atoms with Crippen molar-refractivity contribution in [3.63, 3.8) is 0 Å². The summed E-state index contributed by atoms with van der Waals surface area (Å²) < 4.78 is 7.32. The number of aryl methyl sites for hydroxylation is 2. The van der Waals surface area contributed by atoms with E-state index in [2.05, 4.69) is 38.6 Å². The Hall–Kier alpha value is -1.17. The predicted octanol–water partition coefficient (Wildman–Crippen LogP) is 2.23. The fourth-order valence-electron chi connectivity index (χ4n) is 2.03. The molecule has 0 amide bonds. The van der Waals surface area contributed by atoms with Crippen molar-refractivity contribution in [1.29, 1.82) is 0 Å². The van der Waals surface area contributed by atoms with Gasteiger partial charge in [0.1, 0.15) is 5.82 Å². The minimum Gasteiger partial charge on any atom is -0.383 e. The summed E-state index contributed by atoms with van der Waals surface area (Å²) >= 11 is 1.75. The Morgan fingerprint density at radius 3 is 3.11 bits per heavy atom. The molecule has 0 aromatic carbocycles. The minimum atomic E-state index is 0.738. The summed E-state index contributed by atoms with van der Waals surface area (Å²) in [6, 6.07) is 2.19. The second-order valence-corrected chi connectivity index (χ2v) is 5.28. The lowest BCUT2D eigenvalue weighted by molar-refractivity contribution is 0.199. The number of aromatic nitrogens is 2. The zero-order valence-electron chi connectivity index (χ0n) is 11.6. The smallest absolute Gasteiger partial charge is 0.105 e. The van der Waals surface area contributed by atoms with E-state index in [1.54, 1.807) is 18.4 Å². The molecule has 19 heavy (non-hydrogen) atoms. The third-order valence-electron chi connectivity index (χ3n) is 3.13. The van der Waals surface area contributed by atoms with Crippen LogP contribution in [-0.2, 0) is 24.2 Å². The summed E-state index contributed by atoms with van der Waals surface area (Å²) in [6.07, 6.45) is 3.02. The topological polar surface area (TPSA) is 39.1 Å². The van der Waals surface area contributed by atoms with Crippen LogP contribution in [0.3, 0.4) is 0 Å². The molecule has 0 atom stereocenters. The van der Waals surface area contributed by atoms with E-state index >= 15 is 0 Å². The minimum absolute atomic E-state index is 0.738. The first-order chi connectivity index (χ1) is 9.31. The van der Waals surface area contributed by atoms with Crippen LogP contribution < -0.4 is 5.32 Å². The van der Waals surface area contributed by atoms with Gasteiger partial charge >= 0.3 is 0 Å². The maximum Gasteiger partial charge on any atom is 0.105 e. The van der Waals surface area contributed by atoms with Gasteiger partial charge in [-0.15, -0.1) is 0 Å². The van der Waals surface area contributed by atoms with Crippen molar-refractivity contribution in [2.75, 3.05) is 20.3 Å². The van der Waals surface area contributed by atoms with E-state index in [9.17, 15) is 0 Å². The van der Waals surface area contributed by atoms with E-state index < -0.39 is 0 Å². The summed E-state index contributed by atoms with van der Waals surface area (Å²) in [5, 5.41) is 7.71. The van der Waals surface area contributed by atoms with E-state index in [1.165, 1.54) is 11.3 Å². The average Bonchev–Trinajstić information content (AvgIpc) is 3.03. The molecule has 0 spiro atoms. The normalized spacial score (nSPS) is 11.1. The van der Waals surface area contributed by atoms with Gasteiger partial charge in [-0.1, -0.05) is 0 Å². The molecule has 104 valence electrons. The van der Waals surface area contributed by atoms with Gasteiger partial charge in [-0.25, -0.2) is 4.98 Å². The molecule has 2 aromatic rings. The Kier molecular flexibility index (Phi) is 5.57. The number of thiophene rings is 1. The van der Waals surface area contributed by atoms with Crippen LogP contribution in [0, 0.1) is 6.92 Å². The number of hydrogen-bond acceptors (Lipinski definition) is 4. The van der Waals surface area contributed by atoms with E-state index in [-0.39, 0.29) is 0 Å². The third-order valence-corrected chi connectivity index (χ3v) is 3.86. The maximum atomic E-state index is 5.03. The highest BCUT2D eigenvalue weighted by molar-refractivity contribution is 7.07. The van der Waals surface area contributed by atoms with Gasteiger partial charge in [0.2, 0.25) is 0 Å². The number of imidazole rings is 1. The summed E-state index contributed by atoms with van der Waals surface area (Å²) in [6.45, 7) is 5.50. The molecular formula is C14H21N3OS. The first-order valence-corrected chi connectivity index (χ1v) is 7.47. The van der Waals surface area contributed by atoms with Crippen molar-refractivity contribution >= 4 is 11.3 Å². The fraction of sp³-hybridized carbons (Fsp3) is 0.500. The van der Waals surface area contributed by atoms with Crippen LogP contribution in [-0.4, -0.2) is 29.8 Å². The van der Waals surface area contributed by atoms with Crippen LogP contribution in [0.4, 0.5) is 0 Å². The molecule has 0 aliphatic heterocycles. The first-order valence-electron chi connectivity index (χ1n) is 6.53. The van der Waals surface area contributed by atoms with Crippen LogP contribution >= 0.6 is 11.3 Å². The second-order valence-electron chi connectivity index (χ2n) is 4.50. The van der Waals surface area contributed by atoms with Crippen LogP contribution in [0.25, 0.3) is 0 Å². The van der Waals surface area contributed by atoms with Crippen LogP contribution in [0.2, 0.25) is 0 Å². The number of nitrogens with one attached hydrogen (secondary N) is 1. The average molecular weight is 279 g/mol. The van der Waals surface area contributed by atoms with Gasteiger partial charge < -0.3 is 14.6 Å². The molecular weight excluding hydrogens is 258 g/mol. The summed E-state index contributed by atoms with van der Waals surface area (Å²) in [7, 11) is 1.72. The summed E-state index contributed by atoms with van der Waals surface area (Å²) in [5.74, 6) is 1.08. The highest BCUT2D eigenvalue weighted by atomic mass is 32.1. The quantitative estimate of drug-likeness (QED) is 0.753. The number of rotatable bonds is 8. The molecule has 0 bridgehead atoms. The van der Waals surface area contributed by atoms with Crippen LogP contribution in [0.5, 0.6) is 0 Å². The van der Waals surface area contributed by atoms with Crippen LogP contribution in [0.1, 0.15) is 17.1 Å². The molecule has 0 aliphatic carbocycles. The monoisotopic (exact) mass is 279 g/mol. The lowest BCUT2D eigenvalue weighted by Crippen LogP contribution is -2.21. The van der Waals surface area contributed by atoms with Gasteiger partial charge in [-0.2, -0.15) is 11.3 Å². The molecule has 0 saturated heterocycles. The Labute approximate surface area is 118 Å². The van der Waals surface area contributed by atoms with Crippen LogP contribution in [0.15, 0.2) is 23.0 Å². The zero-order chi connectivity index (χ0) is 13.5. The van der Waals surface area contributed by atoms with Gasteiger partial charge in [0, 0.05) is 32.9 Å². The molecule has 0 aliphatic rings. The molecule has 0 fully saturated rings. The molecule has 0 radical (unpaired) electrons. The van der Waals surface area contributed by atoms with Crippen molar-refractivity contribution in [2.45, 2.75) is 26.4 Å². The molecule has 2 aromatic heterocycles. The lowest BCUT2D eigenvalue weighted by Gasteiger charge is -2.10. The Bertz CT molecular complexity index is 479. The van der Waals surface area contributed by atoms with Gasteiger partial charge in [0.05, 0.1) is 12.3 Å². The largest absolute Gasteiger partial charge is 0.383 e. The predicted molar refractivity (Wildman–Crippen MR) is 78.6 cm³/mol. The molecule has 5 heteroatoms. The molecule has 4 nitrogen and oxygen atoms in total. The third kappa shape index (κ3) is 4.16. The highest BCUT2D eigenvalue weighted by Crippen LogP contribution is 2.10. The first kappa shape index (κ1) is 14.2. The van der Waals surface area contributed by atoms with Crippen molar-refractivity contribution in [3.8, 4) is 0 Å². The molecule has 2 heterocycles. The SMILES string of the molecule is COCCNCc1cnc(C)n1CCc1ccsc1. The summed E-state index contributed by atoms with van der Waals surface area (Å²) in [4.78, 5) is 4.41. The van der Waals surface area contributed by atoms with Gasteiger partial charge in [0.25, 0.3) is 0 Å². The number of methoxy groups -OCH3 is 1. The molecule has 2 rings (SSSR count). The standard InChI is InChI=1S/C14H21N3OS/c1-12-16-10-14(9-15-5-7-18-2)17(12)6-3-13-4-8-19-11-13/h4,8,10-11,15H,3,5-7,9H2,1-2H3. The molecule has 1 N–H and O–H groups in total. The Morgan fingerprint density at radius 2 is 2.37 bits per heavy atom. The van der Waals surface area contributed by atoms with Gasteiger partial charge in [-0.05, 0) is 35.7 Å². The van der Waals surface area contributed by atoms with Crippen molar-refractivity contribution < 1.29 is 4.74 Å². The zero-order valence-corrected chi connectivity index (χ0v) is 12.4.